The lowest BCUT2D eigenvalue weighted by atomic mass is 9.80. The molecule has 1 aromatic heterocycles. The first-order chi connectivity index (χ1) is 13.1. The van der Waals surface area contributed by atoms with Crippen molar-refractivity contribution >= 4 is 0 Å². The van der Waals surface area contributed by atoms with Gasteiger partial charge in [-0.15, -0.1) is 0 Å². The molecule has 0 radical (unpaired) electrons. The highest BCUT2D eigenvalue weighted by molar-refractivity contribution is 5.20. The third-order valence-corrected chi connectivity index (χ3v) is 5.51. The molecule has 0 amide bonds. The van der Waals surface area contributed by atoms with Gasteiger partial charge in [0.05, 0.1) is 24.4 Å². The summed E-state index contributed by atoms with van der Waals surface area (Å²) in [6.45, 7) is 1.27. The summed E-state index contributed by atoms with van der Waals surface area (Å²) in [5, 5.41) is 7.70. The van der Waals surface area contributed by atoms with E-state index in [1.165, 1.54) is 25.0 Å². The molecule has 2 aliphatic heterocycles. The van der Waals surface area contributed by atoms with Gasteiger partial charge in [-0.2, -0.15) is 5.10 Å². The van der Waals surface area contributed by atoms with Gasteiger partial charge in [-0.1, -0.05) is 0 Å². The van der Waals surface area contributed by atoms with E-state index in [1.807, 2.05) is 17.8 Å². The largest absolute Gasteiger partial charge is 0.473 e. The number of rotatable bonds is 7. The fraction of sp³-hybridized carbons (Fsp3) is 0.550. The molecule has 5 rings (SSSR count). The zero-order valence-corrected chi connectivity index (χ0v) is 15.5. The number of nitrogens with one attached hydrogen (secondary N) is 1. The molecule has 1 atom stereocenters. The van der Waals surface area contributed by atoms with E-state index in [1.54, 1.807) is 0 Å². The number of halogens is 2. The Labute approximate surface area is 157 Å². The van der Waals surface area contributed by atoms with Crippen LogP contribution in [0.15, 0.2) is 24.3 Å². The zero-order chi connectivity index (χ0) is 18.8. The van der Waals surface area contributed by atoms with Crippen molar-refractivity contribution in [2.45, 2.75) is 57.6 Å². The molecule has 3 aliphatic rings. The van der Waals surface area contributed by atoms with Crippen LogP contribution in [0.25, 0.3) is 0 Å². The Morgan fingerprint density at radius 3 is 2.70 bits per heavy atom. The van der Waals surface area contributed by atoms with Crippen molar-refractivity contribution in [2.24, 2.45) is 5.92 Å². The SMILES string of the molecule is CNCc1cc(OCc2ccc(F)cc2F)n(CC2OC3CCC2CC3)n1. The van der Waals surface area contributed by atoms with Crippen LogP contribution in [0.4, 0.5) is 8.78 Å². The Morgan fingerprint density at radius 1 is 1.22 bits per heavy atom. The number of fused-ring (bicyclic) bond motifs is 3. The highest BCUT2D eigenvalue weighted by atomic mass is 19.1. The van der Waals surface area contributed by atoms with E-state index in [9.17, 15) is 8.78 Å². The predicted octanol–water partition coefficient (Wildman–Crippen LogP) is 3.42. The van der Waals surface area contributed by atoms with Crippen molar-refractivity contribution in [1.82, 2.24) is 15.1 Å². The number of hydrogen-bond donors (Lipinski definition) is 1. The summed E-state index contributed by atoms with van der Waals surface area (Å²) < 4.78 is 40.8. The molecule has 5 nitrogen and oxygen atoms in total. The van der Waals surface area contributed by atoms with E-state index in [-0.39, 0.29) is 12.7 Å². The molecule has 3 heterocycles. The molecule has 3 fully saturated rings. The first-order valence-corrected chi connectivity index (χ1v) is 9.56. The third-order valence-electron chi connectivity index (χ3n) is 5.51. The van der Waals surface area contributed by atoms with Crippen LogP contribution in [0, 0.1) is 17.6 Å². The smallest absolute Gasteiger partial charge is 0.212 e. The van der Waals surface area contributed by atoms with Crippen molar-refractivity contribution in [3.05, 3.63) is 47.2 Å². The van der Waals surface area contributed by atoms with Crippen molar-refractivity contribution in [1.29, 1.82) is 0 Å². The summed E-state index contributed by atoms with van der Waals surface area (Å²) in [5.41, 5.74) is 1.17. The molecular formula is C20H25F2N3O2. The molecule has 27 heavy (non-hydrogen) atoms. The highest BCUT2D eigenvalue weighted by Crippen LogP contribution is 2.38. The first kappa shape index (κ1) is 18.4. The summed E-state index contributed by atoms with van der Waals surface area (Å²) >= 11 is 0. The summed E-state index contributed by atoms with van der Waals surface area (Å²) in [6.07, 6.45) is 5.22. The quantitative estimate of drug-likeness (QED) is 0.803. The molecule has 146 valence electrons. The van der Waals surface area contributed by atoms with E-state index in [2.05, 4.69) is 10.4 Å². The number of benzene rings is 1. The van der Waals surface area contributed by atoms with Crippen molar-refractivity contribution in [3.63, 3.8) is 0 Å². The molecular weight excluding hydrogens is 352 g/mol. The number of hydrogen-bond acceptors (Lipinski definition) is 4. The number of ether oxygens (including phenoxy) is 2. The molecule has 1 saturated carbocycles. The second-order valence-electron chi connectivity index (χ2n) is 7.42. The van der Waals surface area contributed by atoms with Crippen molar-refractivity contribution in [2.75, 3.05) is 7.05 Å². The van der Waals surface area contributed by atoms with E-state index < -0.39 is 11.6 Å². The molecule has 7 heteroatoms. The average Bonchev–Trinajstić information content (AvgIpc) is 3.04. The molecule has 1 aliphatic carbocycles. The predicted molar refractivity (Wildman–Crippen MR) is 96.3 cm³/mol. The summed E-state index contributed by atoms with van der Waals surface area (Å²) in [6, 6.07) is 5.37. The van der Waals surface area contributed by atoms with Gasteiger partial charge in [0.15, 0.2) is 0 Å². The number of aromatic nitrogens is 2. The lowest BCUT2D eigenvalue weighted by Gasteiger charge is -2.42. The molecule has 0 spiro atoms. The minimum atomic E-state index is -0.607. The maximum atomic E-state index is 13.9. The van der Waals surface area contributed by atoms with Crippen LogP contribution in [0.1, 0.15) is 36.9 Å². The van der Waals surface area contributed by atoms with Gasteiger partial charge in [0.2, 0.25) is 5.88 Å². The fourth-order valence-electron chi connectivity index (χ4n) is 4.07. The Morgan fingerprint density at radius 2 is 2.04 bits per heavy atom. The maximum Gasteiger partial charge on any atom is 0.212 e. The molecule has 1 unspecified atom stereocenters. The van der Waals surface area contributed by atoms with Gasteiger partial charge in [0, 0.05) is 24.2 Å². The normalized spacial score (nSPS) is 24.3. The van der Waals surface area contributed by atoms with Crippen molar-refractivity contribution < 1.29 is 18.3 Å². The van der Waals surface area contributed by atoms with Crippen LogP contribution in [0.5, 0.6) is 5.88 Å². The summed E-state index contributed by atoms with van der Waals surface area (Å²) in [5.74, 6) is -0.0603. The van der Waals surface area contributed by atoms with Crippen molar-refractivity contribution in [3.8, 4) is 5.88 Å². The minimum Gasteiger partial charge on any atom is -0.473 e. The lowest BCUT2D eigenvalue weighted by Crippen LogP contribution is -2.43. The van der Waals surface area contributed by atoms with Crippen LogP contribution >= 0.6 is 0 Å². The van der Waals surface area contributed by atoms with Crippen LogP contribution in [0.3, 0.4) is 0 Å². The second kappa shape index (κ2) is 7.94. The van der Waals surface area contributed by atoms with Gasteiger partial charge < -0.3 is 14.8 Å². The maximum absolute atomic E-state index is 13.9. The van der Waals surface area contributed by atoms with Gasteiger partial charge in [-0.25, -0.2) is 13.5 Å². The average molecular weight is 377 g/mol. The van der Waals surface area contributed by atoms with E-state index in [0.717, 1.165) is 24.6 Å². The van der Waals surface area contributed by atoms with Gasteiger partial charge in [-0.05, 0) is 50.8 Å². The monoisotopic (exact) mass is 377 g/mol. The highest BCUT2D eigenvalue weighted by Gasteiger charge is 2.37. The molecule has 2 bridgehead atoms. The zero-order valence-electron chi connectivity index (χ0n) is 15.5. The Kier molecular flexibility index (Phi) is 5.41. The fourth-order valence-corrected chi connectivity index (χ4v) is 4.07. The van der Waals surface area contributed by atoms with Crippen LogP contribution in [0.2, 0.25) is 0 Å². The van der Waals surface area contributed by atoms with E-state index in [0.29, 0.717) is 36.6 Å². The Hall–Kier alpha value is -1.99. The lowest BCUT2D eigenvalue weighted by molar-refractivity contribution is -0.131. The Bertz CT molecular complexity index is 788. The Balaban J connectivity index is 1.49. The van der Waals surface area contributed by atoms with Gasteiger partial charge in [0.1, 0.15) is 18.2 Å². The van der Waals surface area contributed by atoms with Crippen LogP contribution in [-0.2, 0) is 24.4 Å². The van der Waals surface area contributed by atoms with Gasteiger partial charge in [-0.3, -0.25) is 0 Å². The third kappa shape index (κ3) is 4.14. The summed E-state index contributed by atoms with van der Waals surface area (Å²) in [4.78, 5) is 0. The molecule has 1 N–H and O–H groups in total. The van der Waals surface area contributed by atoms with Gasteiger partial charge in [0.25, 0.3) is 0 Å². The second-order valence-corrected chi connectivity index (χ2v) is 7.42. The topological polar surface area (TPSA) is 48.3 Å². The minimum absolute atomic E-state index is 0.0222. The molecule has 1 aromatic carbocycles. The first-order valence-electron chi connectivity index (χ1n) is 9.56. The van der Waals surface area contributed by atoms with E-state index in [4.69, 9.17) is 9.47 Å². The van der Waals surface area contributed by atoms with E-state index >= 15 is 0 Å². The van der Waals surface area contributed by atoms with Crippen LogP contribution < -0.4 is 10.1 Å². The molecule has 2 aromatic rings. The van der Waals surface area contributed by atoms with Crippen LogP contribution in [-0.4, -0.2) is 29.0 Å². The molecule has 2 saturated heterocycles. The standard InChI is InChI=1S/C20H25F2N3O2/c1-23-10-16-9-20(26-12-14-2-5-15(21)8-18(14)22)25(24-16)11-19-13-3-6-17(27-19)7-4-13/h2,5,8-9,13,17,19,23H,3-4,6-7,10-12H2,1H3. The number of nitrogens with zero attached hydrogens (tertiary/aromatic N) is 2. The summed E-state index contributed by atoms with van der Waals surface area (Å²) in [7, 11) is 1.86. The van der Waals surface area contributed by atoms with Gasteiger partial charge >= 0.3 is 0 Å².